The van der Waals surface area contributed by atoms with Crippen LogP contribution in [-0.4, -0.2) is 23.1 Å². The molecule has 0 bridgehead atoms. The van der Waals surface area contributed by atoms with E-state index in [2.05, 4.69) is 18.7 Å². The topological polar surface area (TPSA) is 23.5 Å². The SMILES string of the molecule is CC(C)C1CCN(Cc2ccc(O)c(C(F)(F)F)c2)CC1. The molecule has 1 saturated heterocycles. The molecule has 1 aliphatic rings. The monoisotopic (exact) mass is 301 g/mol. The number of benzene rings is 1. The predicted octanol–water partition coefficient (Wildman–Crippen LogP) is 4.28. The fourth-order valence-electron chi connectivity index (χ4n) is 2.94. The molecule has 1 aromatic carbocycles. The van der Waals surface area contributed by atoms with E-state index in [1.165, 1.54) is 0 Å². The molecule has 1 N–H and O–H groups in total. The van der Waals surface area contributed by atoms with Crippen LogP contribution in [0.1, 0.15) is 37.8 Å². The number of phenolic OH excluding ortho intramolecular Hbond substituents is 1. The Labute approximate surface area is 123 Å². The summed E-state index contributed by atoms with van der Waals surface area (Å²) in [4.78, 5) is 2.19. The molecule has 1 fully saturated rings. The van der Waals surface area contributed by atoms with Crippen molar-refractivity contribution >= 4 is 0 Å². The highest BCUT2D eigenvalue weighted by Crippen LogP contribution is 2.36. The molecule has 1 aromatic rings. The number of phenols is 1. The number of likely N-dealkylation sites (tertiary alicyclic amines) is 1. The van der Waals surface area contributed by atoms with Gasteiger partial charge in [-0.25, -0.2) is 0 Å². The zero-order valence-corrected chi connectivity index (χ0v) is 12.5. The Morgan fingerprint density at radius 1 is 1.24 bits per heavy atom. The van der Waals surface area contributed by atoms with Crippen LogP contribution >= 0.6 is 0 Å². The molecule has 5 heteroatoms. The number of hydrogen-bond acceptors (Lipinski definition) is 2. The van der Waals surface area contributed by atoms with Crippen molar-refractivity contribution in [2.45, 2.75) is 39.4 Å². The van der Waals surface area contributed by atoms with Gasteiger partial charge < -0.3 is 5.11 Å². The van der Waals surface area contributed by atoms with E-state index in [-0.39, 0.29) is 0 Å². The van der Waals surface area contributed by atoms with Crippen molar-refractivity contribution in [3.63, 3.8) is 0 Å². The molecule has 2 nitrogen and oxygen atoms in total. The van der Waals surface area contributed by atoms with Crippen molar-refractivity contribution in [1.82, 2.24) is 4.90 Å². The number of hydrogen-bond donors (Lipinski definition) is 1. The summed E-state index contributed by atoms with van der Waals surface area (Å²) >= 11 is 0. The Kier molecular flexibility index (Phi) is 4.81. The molecule has 0 spiro atoms. The minimum atomic E-state index is -4.51. The van der Waals surface area contributed by atoms with E-state index in [1.807, 2.05) is 0 Å². The van der Waals surface area contributed by atoms with Crippen LogP contribution in [-0.2, 0) is 12.7 Å². The normalized spacial score (nSPS) is 18.4. The average Bonchev–Trinajstić information content (AvgIpc) is 2.40. The highest BCUT2D eigenvalue weighted by molar-refractivity contribution is 5.38. The Balaban J connectivity index is 2.01. The Bertz CT molecular complexity index is 477. The lowest BCUT2D eigenvalue weighted by molar-refractivity contribution is -0.138. The summed E-state index contributed by atoms with van der Waals surface area (Å²) in [5.41, 5.74) is -0.347. The van der Waals surface area contributed by atoms with Crippen molar-refractivity contribution in [3.05, 3.63) is 29.3 Å². The molecule has 0 atom stereocenters. The maximum absolute atomic E-state index is 12.8. The lowest BCUT2D eigenvalue weighted by Crippen LogP contribution is -2.34. The number of halogens is 3. The molecular weight excluding hydrogens is 279 g/mol. The molecule has 0 radical (unpaired) electrons. The molecular formula is C16H22F3NO. The van der Waals surface area contributed by atoms with Crippen LogP contribution in [0, 0.1) is 11.8 Å². The minimum Gasteiger partial charge on any atom is -0.507 e. The molecule has 0 amide bonds. The van der Waals surface area contributed by atoms with Gasteiger partial charge in [-0.15, -0.1) is 0 Å². The van der Waals surface area contributed by atoms with Crippen molar-refractivity contribution in [2.75, 3.05) is 13.1 Å². The zero-order valence-electron chi connectivity index (χ0n) is 12.5. The van der Waals surface area contributed by atoms with Gasteiger partial charge >= 0.3 is 6.18 Å². The van der Waals surface area contributed by atoms with Crippen LogP contribution < -0.4 is 0 Å². The van der Waals surface area contributed by atoms with E-state index < -0.39 is 17.5 Å². The lowest BCUT2D eigenvalue weighted by Gasteiger charge is -2.34. The van der Waals surface area contributed by atoms with E-state index in [4.69, 9.17) is 0 Å². The average molecular weight is 301 g/mol. The summed E-state index contributed by atoms with van der Waals surface area (Å²) in [6.07, 6.45) is -2.31. The van der Waals surface area contributed by atoms with Crippen LogP contribution in [0.15, 0.2) is 18.2 Å². The molecule has 118 valence electrons. The molecule has 1 heterocycles. The number of piperidine rings is 1. The third-order valence-electron chi connectivity index (χ3n) is 4.35. The van der Waals surface area contributed by atoms with Crippen molar-refractivity contribution in [1.29, 1.82) is 0 Å². The molecule has 0 saturated carbocycles. The zero-order chi connectivity index (χ0) is 15.6. The van der Waals surface area contributed by atoms with Crippen molar-refractivity contribution in [2.24, 2.45) is 11.8 Å². The highest BCUT2D eigenvalue weighted by atomic mass is 19.4. The van der Waals surface area contributed by atoms with Gasteiger partial charge in [-0.05, 0) is 55.5 Å². The van der Waals surface area contributed by atoms with Crippen molar-refractivity contribution < 1.29 is 18.3 Å². The second-order valence-electron chi connectivity index (χ2n) is 6.21. The van der Waals surface area contributed by atoms with Crippen LogP contribution in [0.5, 0.6) is 5.75 Å². The van der Waals surface area contributed by atoms with Gasteiger partial charge in [0, 0.05) is 6.54 Å². The van der Waals surface area contributed by atoms with E-state index in [0.717, 1.165) is 38.1 Å². The first-order valence-electron chi connectivity index (χ1n) is 7.39. The number of aromatic hydroxyl groups is 1. The van der Waals surface area contributed by atoms with Crippen LogP contribution in [0.2, 0.25) is 0 Å². The van der Waals surface area contributed by atoms with Gasteiger partial charge in [-0.2, -0.15) is 13.2 Å². The molecule has 1 aliphatic heterocycles. The third kappa shape index (κ3) is 4.13. The lowest BCUT2D eigenvalue weighted by atomic mass is 9.86. The smallest absolute Gasteiger partial charge is 0.419 e. The molecule has 0 aromatic heterocycles. The highest BCUT2D eigenvalue weighted by Gasteiger charge is 2.34. The Morgan fingerprint density at radius 3 is 2.38 bits per heavy atom. The fourth-order valence-corrected chi connectivity index (χ4v) is 2.94. The summed E-state index contributed by atoms with van der Waals surface area (Å²) in [5.74, 6) is 0.675. The van der Waals surface area contributed by atoms with Crippen LogP contribution in [0.25, 0.3) is 0 Å². The summed E-state index contributed by atoms with van der Waals surface area (Å²) in [6, 6.07) is 3.77. The number of rotatable bonds is 3. The fraction of sp³-hybridized carbons (Fsp3) is 0.625. The van der Waals surface area contributed by atoms with Gasteiger partial charge in [0.1, 0.15) is 5.75 Å². The first-order chi connectivity index (χ1) is 9.77. The first kappa shape index (κ1) is 16.1. The summed E-state index contributed by atoms with van der Waals surface area (Å²) in [7, 11) is 0. The van der Waals surface area contributed by atoms with Gasteiger partial charge in [-0.3, -0.25) is 4.90 Å². The largest absolute Gasteiger partial charge is 0.507 e. The molecule has 21 heavy (non-hydrogen) atoms. The van der Waals surface area contributed by atoms with Crippen LogP contribution in [0.3, 0.4) is 0 Å². The number of alkyl halides is 3. The Hall–Kier alpha value is -1.23. The molecule has 2 rings (SSSR count). The molecule has 0 unspecified atom stereocenters. The van der Waals surface area contributed by atoms with Gasteiger partial charge in [0.15, 0.2) is 0 Å². The predicted molar refractivity (Wildman–Crippen MR) is 75.9 cm³/mol. The maximum Gasteiger partial charge on any atom is 0.419 e. The van der Waals surface area contributed by atoms with Gasteiger partial charge in [0.2, 0.25) is 0 Å². The summed E-state index contributed by atoms with van der Waals surface area (Å²) in [5, 5.41) is 9.34. The number of nitrogens with zero attached hydrogens (tertiary/aromatic N) is 1. The minimum absolute atomic E-state index is 0.508. The van der Waals surface area contributed by atoms with E-state index in [0.29, 0.717) is 23.9 Å². The summed E-state index contributed by atoms with van der Waals surface area (Å²) in [6.45, 7) is 6.79. The van der Waals surface area contributed by atoms with E-state index in [9.17, 15) is 18.3 Å². The maximum atomic E-state index is 12.8. The van der Waals surface area contributed by atoms with E-state index >= 15 is 0 Å². The van der Waals surface area contributed by atoms with Crippen molar-refractivity contribution in [3.8, 4) is 5.75 Å². The van der Waals surface area contributed by atoms with Gasteiger partial charge in [0.05, 0.1) is 5.56 Å². The Morgan fingerprint density at radius 2 is 1.86 bits per heavy atom. The quantitative estimate of drug-likeness (QED) is 0.901. The summed E-state index contributed by atoms with van der Waals surface area (Å²) < 4.78 is 38.3. The second-order valence-corrected chi connectivity index (χ2v) is 6.21. The van der Waals surface area contributed by atoms with Gasteiger partial charge in [0.25, 0.3) is 0 Å². The van der Waals surface area contributed by atoms with Gasteiger partial charge in [-0.1, -0.05) is 19.9 Å². The standard InChI is InChI=1S/C16H22F3NO/c1-11(2)13-5-7-20(8-6-13)10-12-3-4-15(21)14(9-12)16(17,18)19/h3-4,9,11,13,21H,5-8,10H2,1-2H3. The molecule has 0 aliphatic carbocycles. The van der Waals surface area contributed by atoms with Crippen LogP contribution in [0.4, 0.5) is 13.2 Å². The third-order valence-corrected chi connectivity index (χ3v) is 4.35. The first-order valence-corrected chi connectivity index (χ1v) is 7.39. The van der Waals surface area contributed by atoms with E-state index in [1.54, 1.807) is 6.07 Å². The second kappa shape index (κ2) is 6.26.